The van der Waals surface area contributed by atoms with Crippen LogP contribution in [0.25, 0.3) is 34.2 Å². The van der Waals surface area contributed by atoms with E-state index in [1.807, 2.05) is 91.3 Å². The Labute approximate surface area is 814 Å². The highest BCUT2D eigenvalue weighted by molar-refractivity contribution is 6.06. The Hall–Kier alpha value is -10.4. The first kappa shape index (κ1) is 96.5. The number of benzene rings is 4. The van der Waals surface area contributed by atoms with Gasteiger partial charge < -0.3 is 33.2 Å². The van der Waals surface area contributed by atoms with Crippen molar-refractivity contribution in [3.63, 3.8) is 0 Å². The van der Waals surface area contributed by atoms with Gasteiger partial charge in [0.1, 0.15) is 29.2 Å². The number of aromatic nitrogens is 9. The number of carbonyl (C=O) groups excluding carboxylic acids is 5. The number of ether oxygens (including phenoxy) is 7. The molecular formula is C117H137N9O12. The van der Waals surface area contributed by atoms with Crippen molar-refractivity contribution in [2.45, 2.75) is 263 Å². The largest absolute Gasteiger partial charge is 0.374 e. The maximum atomic E-state index is 13.4. The lowest BCUT2D eigenvalue weighted by Crippen LogP contribution is -2.58. The van der Waals surface area contributed by atoms with Gasteiger partial charge in [-0.1, -0.05) is 191 Å². The molecule has 10 fully saturated rings. The summed E-state index contributed by atoms with van der Waals surface area (Å²) in [6.07, 6.45) is 31.1. The Balaban J connectivity index is 0.000000112. The number of hydrogen-bond acceptors (Lipinski definition) is 21. The Morgan fingerprint density at radius 2 is 0.717 bits per heavy atom. The molecule has 13 aliphatic rings. The van der Waals surface area contributed by atoms with Gasteiger partial charge in [-0.15, -0.1) is 0 Å². The highest BCUT2D eigenvalue weighted by atomic mass is 16.7. The van der Waals surface area contributed by atoms with Crippen molar-refractivity contribution in [3.8, 4) is 34.2 Å². The monoisotopic (exact) mass is 1860 g/mol. The second-order valence-electron chi connectivity index (χ2n) is 43.1. The van der Waals surface area contributed by atoms with Crippen molar-refractivity contribution >= 4 is 28.9 Å². The van der Waals surface area contributed by atoms with Gasteiger partial charge in [0.2, 0.25) is 0 Å². The fraction of sp³-hybridized carbons (Fsp3) is 0.521. The molecule has 23 rings (SSSR count). The minimum Gasteiger partial charge on any atom is -0.374 e. The quantitative estimate of drug-likeness (QED) is 0.0971. The molecule has 0 radical (unpaired) electrons. The number of pyridine rings is 3. The summed E-state index contributed by atoms with van der Waals surface area (Å²) in [6.45, 7) is 26.3. The van der Waals surface area contributed by atoms with Crippen LogP contribution in [0.1, 0.15) is 251 Å². The van der Waals surface area contributed by atoms with Crippen molar-refractivity contribution < 1.29 is 57.1 Å². The lowest BCUT2D eigenvalue weighted by molar-refractivity contribution is -0.244. The predicted molar refractivity (Wildman–Crippen MR) is 528 cm³/mol. The van der Waals surface area contributed by atoms with Gasteiger partial charge in [-0.3, -0.25) is 38.9 Å². The van der Waals surface area contributed by atoms with Gasteiger partial charge in [-0.25, -0.2) is 29.9 Å². The topological polar surface area (TPSA) is 266 Å². The van der Waals surface area contributed by atoms with Crippen LogP contribution in [0.15, 0.2) is 195 Å². The summed E-state index contributed by atoms with van der Waals surface area (Å²) in [6, 6.07) is 53.3. The molecule has 0 bridgehead atoms. The van der Waals surface area contributed by atoms with Gasteiger partial charge in [0, 0.05) is 175 Å². The van der Waals surface area contributed by atoms with Crippen LogP contribution < -0.4 is 0 Å². The van der Waals surface area contributed by atoms with E-state index in [1.165, 1.54) is 50.5 Å². The Morgan fingerprint density at radius 1 is 0.362 bits per heavy atom. The van der Waals surface area contributed by atoms with E-state index < -0.39 is 22.9 Å². The molecule has 0 amide bonds. The third-order valence-corrected chi connectivity index (χ3v) is 35.8. The molecule has 4 aromatic carbocycles. The molecule has 21 heteroatoms. The zero-order chi connectivity index (χ0) is 95.9. The van der Waals surface area contributed by atoms with E-state index in [-0.39, 0.29) is 80.5 Å². The maximum absolute atomic E-state index is 13.4. The second kappa shape index (κ2) is 40.0. The van der Waals surface area contributed by atoms with E-state index in [1.54, 1.807) is 31.9 Å². The van der Waals surface area contributed by atoms with E-state index in [2.05, 4.69) is 163 Å². The molecular weight excluding hydrogens is 1720 g/mol. The Bertz CT molecular complexity index is 6030. The van der Waals surface area contributed by atoms with E-state index in [9.17, 15) is 24.0 Å². The van der Waals surface area contributed by atoms with Crippen LogP contribution in [0, 0.1) is 75.9 Å². The molecule has 3 spiro atoms. The Morgan fingerprint density at radius 3 is 1.13 bits per heavy atom. The molecule has 0 N–H and O–H groups in total. The molecule has 21 nitrogen and oxygen atoms in total. The molecule has 3 aliphatic heterocycles. The van der Waals surface area contributed by atoms with Crippen molar-refractivity contribution in [3.05, 3.63) is 268 Å². The highest BCUT2D eigenvalue weighted by Crippen LogP contribution is 2.62. The standard InChI is InChI=1S/C28H31N3O2.C27H29N3O2.C26H27N3O.C22H28O4.C14H22O3/c1-19-23-9-8-22-24(18-20-6-4-3-5-7-20)30-26(21-10-14-29-15-11-21)31-25(22)27(23,2)12-13-28(19)32-16-17-33-28;1-17-21-10-9-20-22(15-18-7-5-4-6-8-18)29-26(19-11-13-28-14-12-19)30-25(20)27(21,2)16-23(32-3)24(17)31;1-17-21-9-8-20-22(16-18-6-4-3-5-7-18)28-25(19-11-14-27-15-12-19)29-24(20)26(21,2)13-10-23(17)30;1-15-18-9-8-17(19(23)14-16-6-4-3-5-7-16)20(24)21(18,2)10-11-22(15)25-12-13-26-22;1-10-11-4-3-5-12(15)13(11,2)6-7-14(10)16-8-9-17-14/h3-7,10-11,14-15,19,23H,8-9,12-13,16-18H2,1-2H3;4-8,11-14,17,21,23H,9-10,15-16H2,1-3H3;3-7,11-12,14-15,17,21H,8-10,13,16H2,1-2H3;3-7,15,17-18H,8-14H2,1-2H3;10-11H,3-9H2,1-2H3/t19-,23-,27-;17-,21-,23?,27-;17-,21-,26-;15-,17?,18-,21-;10-,11-,13-/m11111/s1. The van der Waals surface area contributed by atoms with Gasteiger partial charge >= 0.3 is 0 Å². The van der Waals surface area contributed by atoms with Crippen LogP contribution in [0.3, 0.4) is 0 Å². The maximum Gasteiger partial charge on any atom is 0.171 e. The molecule has 10 aromatic rings. The van der Waals surface area contributed by atoms with E-state index in [0.717, 1.165) is 185 Å². The first-order chi connectivity index (χ1) is 66.7. The van der Waals surface area contributed by atoms with Crippen LogP contribution in [0.2, 0.25) is 0 Å². The number of hydrogen-bond donors (Lipinski definition) is 0. The zero-order valence-electron chi connectivity index (χ0n) is 82.5. The summed E-state index contributed by atoms with van der Waals surface area (Å²) in [7, 11) is 1.64. The normalized spacial score (nSPS) is 30.8. The summed E-state index contributed by atoms with van der Waals surface area (Å²) in [4.78, 5) is 107. The van der Waals surface area contributed by atoms with E-state index in [0.29, 0.717) is 106 Å². The lowest BCUT2D eigenvalue weighted by atomic mass is 9.52. The summed E-state index contributed by atoms with van der Waals surface area (Å²) >= 11 is 0. The SMILES string of the molecule is COC1C[C@@]2(C)c3nc(-c4ccncc4)nc(Cc4ccccc4)c3CC[C@@H]2[C@@H](C)C1=O.C[C@@H]1[C@H]2CCC(C(=O)Cc3ccccc3)C(=O)[C@]2(C)CCC12OCCO2.C[C@@H]1[C@H]2CCCC(=O)[C@]2(C)CCC12OCCO2.C[C@@H]1[C@H]2CCc3c(Cc4ccccc4)nc(-c4ccncc4)nc3[C@]2(C)CCC12OCCO2.C[C@H]1C(=O)CC[C@@]2(C)c3nc(-c4ccncc4)nc(Cc4ccccc4)c3CC[C@H]12. The lowest BCUT2D eigenvalue weighted by Gasteiger charge is -2.54. The van der Waals surface area contributed by atoms with Crippen LogP contribution in [-0.2, 0) is 118 Å². The summed E-state index contributed by atoms with van der Waals surface area (Å²) in [5, 5.41) is 0. The predicted octanol–water partition coefficient (Wildman–Crippen LogP) is 20.8. The van der Waals surface area contributed by atoms with Crippen molar-refractivity contribution in [1.29, 1.82) is 0 Å². The average Bonchev–Trinajstić information content (AvgIpc) is 0.997. The number of Topliss-reactive ketones (excluding diaryl/α,β-unsaturated/α-hetero) is 5. The third-order valence-electron chi connectivity index (χ3n) is 35.8. The number of rotatable bonds is 13. The van der Waals surface area contributed by atoms with Crippen LogP contribution in [0.4, 0.5) is 0 Å². The zero-order valence-corrected chi connectivity index (χ0v) is 82.5. The molecule has 7 saturated carbocycles. The Kier molecular flexibility index (Phi) is 28.0. The molecule has 17 atom stereocenters. The van der Waals surface area contributed by atoms with Gasteiger partial charge in [0.05, 0.1) is 79.7 Å². The summed E-state index contributed by atoms with van der Waals surface area (Å²) in [5.41, 5.74) is 17.7. The molecule has 6 aromatic heterocycles. The fourth-order valence-corrected chi connectivity index (χ4v) is 27.8. The molecule has 138 heavy (non-hydrogen) atoms. The summed E-state index contributed by atoms with van der Waals surface area (Å²) in [5.74, 6) is 4.58. The molecule has 722 valence electrons. The van der Waals surface area contributed by atoms with Crippen molar-refractivity contribution in [2.75, 3.05) is 46.8 Å². The van der Waals surface area contributed by atoms with E-state index in [4.69, 9.17) is 63.1 Å². The highest BCUT2D eigenvalue weighted by Gasteiger charge is 2.63. The average molecular weight is 1860 g/mol. The van der Waals surface area contributed by atoms with Gasteiger partial charge in [-0.05, 0) is 201 Å². The number of carbonyl (C=O) groups is 5. The molecule has 9 heterocycles. The number of methoxy groups -OCH3 is 1. The van der Waals surface area contributed by atoms with Crippen LogP contribution >= 0.6 is 0 Å². The minimum atomic E-state index is -0.509. The summed E-state index contributed by atoms with van der Waals surface area (Å²) < 4.78 is 41.8. The van der Waals surface area contributed by atoms with Crippen LogP contribution in [-0.4, -0.2) is 144 Å². The van der Waals surface area contributed by atoms with Crippen molar-refractivity contribution in [1.82, 2.24) is 44.9 Å². The first-order valence-corrected chi connectivity index (χ1v) is 51.3. The number of fused-ring (bicyclic) bond motifs is 11. The minimum absolute atomic E-state index is 0.0102. The molecule has 10 aliphatic carbocycles. The second-order valence-corrected chi connectivity index (χ2v) is 43.1. The molecule has 3 saturated heterocycles. The van der Waals surface area contributed by atoms with Crippen molar-refractivity contribution in [2.24, 2.45) is 75.9 Å². The third kappa shape index (κ3) is 18.3. The number of nitrogens with zero attached hydrogens (tertiary/aromatic N) is 9. The van der Waals surface area contributed by atoms with Gasteiger partial charge in [-0.2, -0.15) is 0 Å². The van der Waals surface area contributed by atoms with Crippen LogP contribution in [0.5, 0.6) is 0 Å². The first-order valence-electron chi connectivity index (χ1n) is 51.3. The fourth-order valence-electron chi connectivity index (χ4n) is 27.8. The van der Waals surface area contributed by atoms with Gasteiger partial charge in [0.15, 0.2) is 40.6 Å². The van der Waals surface area contributed by atoms with E-state index >= 15 is 0 Å². The number of ketones is 5. The van der Waals surface area contributed by atoms with Gasteiger partial charge in [0.25, 0.3) is 0 Å². The smallest absolute Gasteiger partial charge is 0.171 e. The molecule has 2 unspecified atom stereocenters.